The summed E-state index contributed by atoms with van der Waals surface area (Å²) in [7, 11) is 0. The summed E-state index contributed by atoms with van der Waals surface area (Å²) in [6.07, 6.45) is 6.20. The third kappa shape index (κ3) is 7.20. The summed E-state index contributed by atoms with van der Waals surface area (Å²) in [6.45, 7) is 3.66. The lowest BCUT2D eigenvalue weighted by atomic mass is 9.98. The molecule has 0 radical (unpaired) electrons. The normalized spacial score (nSPS) is 19.4. The highest BCUT2D eigenvalue weighted by Gasteiger charge is 2.24. The van der Waals surface area contributed by atoms with Crippen molar-refractivity contribution in [1.29, 1.82) is 0 Å². The van der Waals surface area contributed by atoms with Crippen LogP contribution in [0.4, 0.5) is 0 Å². The zero-order valence-electron chi connectivity index (χ0n) is 21.4. The number of hydrogen-bond acceptors (Lipinski definition) is 7. The number of aromatic nitrogens is 3. The van der Waals surface area contributed by atoms with Crippen molar-refractivity contribution in [3.8, 4) is 5.69 Å². The van der Waals surface area contributed by atoms with Gasteiger partial charge in [0.1, 0.15) is 12.1 Å². The Kier molecular flexibility index (Phi) is 9.77. The molecule has 10 nitrogen and oxygen atoms in total. The molecule has 1 aliphatic carbocycles. The number of aliphatic hydroxyl groups excluding tert-OH is 2. The Hall–Kier alpha value is -2.24. The molecule has 1 aliphatic heterocycles. The maximum atomic E-state index is 13.1. The van der Waals surface area contributed by atoms with Crippen molar-refractivity contribution in [2.45, 2.75) is 83.3 Å². The highest BCUT2D eigenvalue weighted by atomic mass is 35.5. The Morgan fingerprint density at radius 2 is 1.89 bits per heavy atom. The van der Waals surface area contributed by atoms with Crippen molar-refractivity contribution in [1.82, 2.24) is 25.0 Å². The molecule has 1 amide bonds. The second-order valence-electron chi connectivity index (χ2n) is 10.1. The van der Waals surface area contributed by atoms with Crippen LogP contribution in [0, 0.1) is 12.8 Å². The van der Waals surface area contributed by atoms with Gasteiger partial charge in [0.15, 0.2) is 0 Å². The van der Waals surface area contributed by atoms with Crippen LogP contribution in [0.25, 0.3) is 5.69 Å². The third-order valence-corrected chi connectivity index (χ3v) is 7.65. The van der Waals surface area contributed by atoms with Crippen LogP contribution in [0.2, 0.25) is 5.02 Å². The summed E-state index contributed by atoms with van der Waals surface area (Å²) in [4.78, 5) is 26.1. The fraction of sp³-hybridized carbons (Fsp3) is 0.654. The van der Waals surface area contributed by atoms with Gasteiger partial charge in [0.05, 0.1) is 41.6 Å². The molecule has 11 heteroatoms. The van der Waals surface area contributed by atoms with E-state index in [1.54, 1.807) is 13.0 Å². The van der Waals surface area contributed by atoms with Gasteiger partial charge in [0, 0.05) is 5.92 Å². The van der Waals surface area contributed by atoms with Crippen molar-refractivity contribution < 1.29 is 19.7 Å². The SMILES string of the molecule is Cc1nn(-c2ccc(Cl)c(C(=O)NC(O)C3CCCCCC3)c2)c(=O)n1CC(O)COC1CCNCC1. The molecule has 2 unspecified atom stereocenters. The number of rotatable bonds is 9. The smallest absolute Gasteiger partial charge is 0.350 e. The topological polar surface area (TPSA) is 131 Å². The summed E-state index contributed by atoms with van der Waals surface area (Å²) in [5, 5.41) is 31.6. The predicted octanol–water partition coefficient (Wildman–Crippen LogP) is 2.14. The van der Waals surface area contributed by atoms with E-state index in [0.717, 1.165) is 64.5 Å². The molecular formula is C26H38ClN5O5. The second kappa shape index (κ2) is 13.0. The van der Waals surface area contributed by atoms with Gasteiger partial charge in [-0.2, -0.15) is 9.78 Å². The number of carbonyl (C=O) groups is 1. The van der Waals surface area contributed by atoms with E-state index in [0.29, 0.717) is 11.5 Å². The maximum absolute atomic E-state index is 13.1. The fourth-order valence-electron chi connectivity index (χ4n) is 5.12. The molecule has 1 aromatic carbocycles. The summed E-state index contributed by atoms with van der Waals surface area (Å²) >= 11 is 6.31. The first-order valence-electron chi connectivity index (χ1n) is 13.3. The average molecular weight is 536 g/mol. The number of benzene rings is 1. The Balaban J connectivity index is 1.44. The lowest BCUT2D eigenvalue weighted by Gasteiger charge is -2.24. The fourth-order valence-corrected chi connectivity index (χ4v) is 5.32. The number of piperidine rings is 1. The highest BCUT2D eigenvalue weighted by Crippen LogP contribution is 2.26. The van der Waals surface area contributed by atoms with Crippen molar-refractivity contribution in [3.63, 3.8) is 0 Å². The van der Waals surface area contributed by atoms with Crippen molar-refractivity contribution >= 4 is 17.5 Å². The molecular weight excluding hydrogens is 498 g/mol. The minimum absolute atomic E-state index is 0.0135. The minimum Gasteiger partial charge on any atom is -0.389 e. The molecule has 4 N–H and O–H groups in total. The lowest BCUT2D eigenvalue weighted by Crippen LogP contribution is -2.40. The van der Waals surface area contributed by atoms with Crippen LogP contribution < -0.4 is 16.3 Å². The number of nitrogens with zero attached hydrogens (tertiary/aromatic N) is 3. The van der Waals surface area contributed by atoms with E-state index in [-0.39, 0.29) is 35.8 Å². The number of carbonyl (C=O) groups excluding carboxylic acids is 1. The van der Waals surface area contributed by atoms with Crippen LogP contribution in [0.5, 0.6) is 0 Å². The molecule has 0 spiro atoms. The molecule has 0 bridgehead atoms. The molecule has 1 saturated carbocycles. The molecule has 2 heterocycles. The van der Waals surface area contributed by atoms with Crippen LogP contribution in [0.1, 0.15) is 67.5 Å². The van der Waals surface area contributed by atoms with Crippen LogP contribution in [0.3, 0.4) is 0 Å². The molecule has 37 heavy (non-hydrogen) atoms. The van der Waals surface area contributed by atoms with E-state index in [1.165, 1.54) is 21.4 Å². The van der Waals surface area contributed by atoms with Gasteiger partial charge in [0.2, 0.25) is 0 Å². The Morgan fingerprint density at radius 1 is 1.19 bits per heavy atom. The molecule has 2 atom stereocenters. The van der Waals surface area contributed by atoms with E-state index < -0.39 is 23.9 Å². The van der Waals surface area contributed by atoms with Crippen LogP contribution in [0.15, 0.2) is 23.0 Å². The standard InChI is InChI=1S/C26H38ClN5O5/c1-17-30-32(26(36)31(17)15-20(33)16-37-21-10-12-28-13-11-21)19-8-9-23(27)22(14-19)25(35)29-24(34)18-6-4-2-3-5-7-18/h8-9,14,18,20-21,24,28,33-34H,2-7,10-13,15-16H2,1H3,(H,29,35). The number of aliphatic hydroxyl groups is 2. The monoisotopic (exact) mass is 535 g/mol. The number of halogens is 1. The van der Waals surface area contributed by atoms with Crippen molar-refractivity contribution in [2.24, 2.45) is 5.92 Å². The lowest BCUT2D eigenvalue weighted by molar-refractivity contribution is -0.0261. The number of ether oxygens (including phenoxy) is 1. The van der Waals surface area contributed by atoms with Crippen LogP contribution >= 0.6 is 11.6 Å². The first kappa shape index (κ1) is 27.8. The zero-order valence-corrected chi connectivity index (χ0v) is 22.1. The Bertz CT molecular complexity index is 1110. The number of amides is 1. The van der Waals surface area contributed by atoms with Gasteiger partial charge < -0.3 is 25.6 Å². The Morgan fingerprint density at radius 3 is 2.59 bits per heavy atom. The molecule has 2 aliphatic rings. The zero-order chi connectivity index (χ0) is 26.4. The van der Waals surface area contributed by atoms with Gasteiger partial charge in [-0.3, -0.25) is 9.36 Å². The minimum atomic E-state index is -0.955. The summed E-state index contributed by atoms with van der Waals surface area (Å²) < 4.78 is 8.39. The number of nitrogens with one attached hydrogen (secondary N) is 2. The van der Waals surface area contributed by atoms with Gasteiger partial charge in [-0.25, -0.2) is 4.79 Å². The van der Waals surface area contributed by atoms with Gasteiger partial charge in [-0.05, 0) is 63.9 Å². The van der Waals surface area contributed by atoms with Gasteiger partial charge in [0.25, 0.3) is 5.91 Å². The van der Waals surface area contributed by atoms with Crippen molar-refractivity contribution in [2.75, 3.05) is 19.7 Å². The molecule has 204 valence electrons. The first-order chi connectivity index (χ1) is 17.8. The van der Waals surface area contributed by atoms with E-state index in [2.05, 4.69) is 15.7 Å². The van der Waals surface area contributed by atoms with Crippen molar-refractivity contribution in [3.05, 3.63) is 45.1 Å². The molecule has 4 rings (SSSR count). The predicted molar refractivity (Wildman–Crippen MR) is 140 cm³/mol. The number of aryl methyl sites for hydroxylation is 1. The molecule has 2 aromatic rings. The quantitative estimate of drug-likeness (QED) is 0.286. The summed E-state index contributed by atoms with van der Waals surface area (Å²) in [5.74, 6) is -0.0616. The van der Waals surface area contributed by atoms with Crippen LogP contribution in [-0.2, 0) is 11.3 Å². The van der Waals surface area contributed by atoms with Gasteiger partial charge in [-0.1, -0.05) is 37.3 Å². The molecule has 1 aromatic heterocycles. The Labute approximate surface area is 222 Å². The highest BCUT2D eigenvalue weighted by molar-refractivity contribution is 6.33. The summed E-state index contributed by atoms with van der Waals surface area (Å²) in [6, 6.07) is 4.63. The van der Waals surface area contributed by atoms with Gasteiger partial charge >= 0.3 is 5.69 Å². The second-order valence-corrected chi connectivity index (χ2v) is 10.5. The van der Waals surface area contributed by atoms with E-state index in [4.69, 9.17) is 16.3 Å². The van der Waals surface area contributed by atoms with Crippen LogP contribution in [-0.4, -0.2) is 68.6 Å². The number of hydrogen-bond donors (Lipinski definition) is 4. The summed E-state index contributed by atoms with van der Waals surface area (Å²) in [5.41, 5.74) is 0.0812. The largest absolute Gasteiger partial charge is 0.389 e. The van der Waals surface area contributed by atoms with E-state index in [9.17, 15) is 19.8 Å². The molecule has 2 fully saturated rings. The van der Waals surface area contributed by atoms with E-state index >= 15 is 0 Å². The van der Waals surface area contributed by atoms with Gasteiger partial charge in [-0.15, -0.1) is 0 Å². The first-order valence-corrected chi connectivity index (χ1v) is 13.7. The van der Waals surface area contributed by atoms with E-state index in [1.807, 2.05) is 0 Å². The third-order valence-electron chi connectivity index (χ3n) is 7.32. The molecule has 1 saturated heterocycles. The average Bonchev–Trinajstić information content (AvgIpc) is 3.07. The maximum Gasteiger partial charge on any atom is 0.350 e.